The van der Waals surface area contributed by atoms with Gasteiger partial charge in [0.05, 0.1) is 12.2 Å². The Hall–Kier alpha value is -1.65. The van der Waals surface area contributed by atoms with Crippen molar-refractivity contribution in [2.24, 2.45) is 0 Å². The quantitative estimate of drug-likeness (QED) is 0.929. The summed E-state index contributed by atoms with van der Waals surface area (Å²) >= 11 is 3.37. The van der Waals surface area contributed by atoms with Crippen LogP contribution in [0.3, 0.4) is 0 Å². The van der Waals surface area contributed by atoms with E-state index in [2.05, 4.69) is 21.2 Å². The summed E-state index contributed by atoms with van der Waals surface area (Å²) in [7, 11) is 1.65. The Morgan fingerprint density at radius 1 is 1.21 bits per heavy atom. The minimum atomic E-state index is -0.137. The Morgan fingerprint density at radius 3 is 2.74 bits per heavy atom. The molecule has 0 aliphatic heterocycles. The van der Waals surface area contributed by atoms with Gasteiger partial charge in [0.1, 0.15) is 0 Å². The van der Waals surface area contributed by atoms with Crippen LogP contribution in [0.4, 0.5) is 5.69 Å². The van der Waals surface area contributed by atoms with Crippen molar-refractivity contribution in [3.8, 4) is 0 Å². The van der Waals surface area contributed by atoms with Crippen molar-refractivity contribution >= 4 is 27.5 Å². The van der Waals surface area contributed by atoms with Crippen molar-refractivity contribution in [2.45, 2.75) is 6.61 Å². The van der Waals surface area contributed by atoms with E-state index >= 15 is 0 Å². The fraction of sp³-hybridized carbons (Fsp3) is 0.133. The number of rotatable bonds is 4. The van der Waals surface area contributed by atoms with Gasteiger partial charge in [0, 0.05) is 17.3 Å². The average Bonchev–Trinajstić information content (AvgIpc) is 2.40. The monoisotopic (exact) mass is 319 g/mol. The largest absolute Gasteiger partial charge is 0.380 e. The van der Waals surface area contributed by atoms with Gasteiger partial charge in [0.15, 0.2) is 0 Å². The van der Waals surface area contributed by atoms with Gasteiger partial charge in [-0.2, -0.15) is 0 Å². The fourth-order valence-corrected chi connectivity index (χ4v) is 2.21. The van der Waals surface area contributed by atoms with Crippen LogP contribution >= 0.6 is 15.9 Å². The van der Waals surface area contributed by atoms with E-state index in [9.17, 15) is 4.79 Å². The lowest BCUT2D eigenvalue weighted by atomic mass is 10.2. The molecular formula is C15H14BrNO2. The third kappa shape index (κ3) is 3.66. The SMILES string of the molecule is COCc1cccc(NC(=O)c2ccccc2Br)c1. The minimum absolute atomic E-state index is 0.137. The summed E-state index contributed by atoms with van der Waals surface area (Å²) in [5.74, 6) is -0.137. The molecule has 0 radical (unpaired) electrons. The molecule has 0 aliphatic carbocycles. The Morgan fingerprint density at radius 2 is 2.00 bits per heavy atom. The maximum atomic E-state index is 12.1. The van der Waals surface area contributed by atoms with Crippen LogP contribution in [0.1, 0.15) is 15.9 Å². The summed E-state index contributed by atoms with van der Waals surface area (Å²) in [4.78, 5) is 12.1. The lowest BCUT2D eigenvalue weighted by Gasteiger charge is -2.08. The van der Waals surface area contributed by atoms with E-state index < -0.39 is 0 Å². The van der Waals surface area contributed by atoms with Gasteiger partial charge in [0.2, 0.25) is 0 Å². The molecule has 19 heavy (non-hydrogen) atoms. The lowest BCUT2D eigenvalue weighted by Crippen LogP contribution is -2.12. The highest BCUT2D eigenvalue weighted by Gasteiger charge is 2.09. The molecule has 0 spiro atoms. The second-order valence-electron chi connectivity index (χ2n) is 4.07. The first-order chi connectivity index (χ1) is 9.20. The summed E-state index contributed by atoms with van der Waals surface area (Å²) < 4.78 is 5.85. The second-order valence-corrected chi connectivity index (χ2v) is 4.92. The van der Waals surface area contributed by atoms with Crippen molar-refractivity contribution in [2.75, 3.05) is 12.4 Å². The van der Waals surface area contributed by atoms with E-state index in [0.717, 1.165) is 15.7 Å². The van der Waals surface area contributed by atoms with E-state index in [1.165, 1.54) is 0 Å². The summed E-state index contributed by atoms with van der Waals surface area (Å²) in [6.07, 6.45) is 0. The molecule has 0 saturated carbocycles. The number of nitrogens with one attached hydrogen (secondary N) is 1. The molecule has 0 aliphatic rings. The number of carbonyl (C=O) groups excluding carboxylic acids is 1. The maximum Gasteiger partial charge on any atom is 0.256 e. The molecule has 0 heterocycles. The van der Waals surface area contributed by atoms with Crippen LogP contribution in [0.5, 0.6) is 0 Å². The predicted molar refractivity (Wildman–Crippen MR) is 79.3 cm³/mol. The van der Waals surface area contributed by atoms with Crippen LogP contribution < -0.4 is 5.32 Å². The van der Waals surface area contributed by atoms with Gasteiger partial charge in [-0.15, -0.1) is 0 Å². The van der Waals surface area contributed by atoms with Gasteiger partial charge in [-0.1, -0.05) is 24.3 Å². The van der Waals surface area contributed by atoms with Gasteiger partial charge in [-0.25, -0.2) is 0 Å². The van der Waals surface area contributed by atoms with Gasteiger partial charge < -0.3 is 10.1 Å². The molecule has 0 saturated heterocycles. The predicted octanol–water partition coefficient (Wildman–Crippen LogP) is 3.85. The molecule has 1 amide bonds. The molecule has 4 heteroatoms. The maximum absolute atomic E-state index is 12.1. The zero-order valence-corrected chi connectivity index (χ0v) is 12.1. The van der Waals surface area contributed by atoms with Gasteiger partial charge in [-0.05, 0) is 45.8 Å². The third-order valence-corrected chi connectivity index (χ3v) is 3.31. The molecule has 98 valence electrons. The van der Waals surface area contributed by atoms with Crippen molar-refractivity contribution in [1.82, 2.24) is 0 Å². The van der Waals surface area contributed by atoms with Crippen LogP contribution in [-0.2, 0) is 11.3 Å². The number of halogens is 1. The zero-order chi connectivity index (χ0) is 13.7. The third-order valence-electron chi connectivity index (χ3n) is 2.61. The number of anilines is 1. The Kier molecular flexibility index (Phi) is 4.71. The van der Waals surface area contributed by atoms with Crippen LogP contribution in [-0.4, -0.2) is 13.0 Å². The van der Waals surface area contributed by atoms with Gasteiger partial charge in [0.25, 0.3) is 5.91 Å². The number of carbonyl (C=O) groups is 1. The molecule has 1 N–H and O–H groups in total. The molecule has 2 rings (SSSR count). The Bertz CT molecular complexity index is 584. The average molecular weight is 320 g/mol. The van der Waals surface area contributed by atoms with Crippen LogP contribution in [0.2, 0.25) is 0 Å². The van der Waals surface area contributed by atoms with Crippen molar-refractivity contribution in [3.05, 3.63) is 64.1 Å². The molecule has 0 aromatic heterocycles. The summed E-state index contributed by atoms with van der Waals surface area (Å²) in [6, 6.07) is 14.9. The minimum Gasteiger partial charge on any atom is -0.380 e. The summed E-state index contributed by atoms with van der Waals surface area (Å²) in [6.45, 7) is 0.527. The smallest absolute Gasteiger partial charge is 0.256 e. The normalized spacial score (nSPS) is 10.2. The van der Waals surface area contributed by atoms with E-state index in [-0.39, 0.29) is 5.91 Å². The molecule has 2 aromatic rings. The fourth-order valence-electron chi connectivity index (χ4n) is 1.75. The molecule has 3 nitrogen and oxygen atoms in total. The molecular weight excluding hydrogens is 306 g/mol. The van der Waals surface area contributed by atoms with Crippen LogP contribution in [0.15, 0.2) is 53.0 Å². The highest BCUT2D eigenvalue weighted by Crippen LogP contribution is 2.18. The van der Waals surface area contributed by atoms with E-state index in [1.54, 1.807) is 13.2 Å². The number of methoxy groups -OCH3 is 1. The molecule has 0 atom stereocenters. The highest BCUT2D eigenvalue weighted by molar-refractivity contribution is 9.10. The van der Waals surface area contributed by atoms with E-state index in [1.807, 2.05) is 42.5 Å². The van der Waals surface area contributed by atoms with Crippen LogP contribution in [0, 0.1) is 0 Å². The van der Waals surface area contributed by atoms with E-state index in [0.29, 0.717) is 12.2 Å². The second kappa shape index (κ2) is 6.50. The number of benzene rings is 2. The van der Waals surface area contributed by atoms with Gasteiger partial charge >= 0.3 is 0 Å². The van der Waals surface area contributed by atoms with E-state index in [4.69, 9.17) is 4.74 Å². The van der Waals surface area contributed by atoms with Gasteiger partial charge in [-0.3, -0.25) is 4.79 Å². The van der Waals surface area contributed by atoms with Crippen molar-refractivity contribution in [3.63, 3.8) is 0 Å². The zero-order valence-electron chi connectivity index (χ0n) is 10.5. The van der Waals surface area contributed by atoms with Crippen LogP contribution in [0.25, 0.3) is 0 Å². The molecule has 0 unspecified atom stereocenters. The highest BCUT2D eigenvalue weighted by atomic mass is 79.9. The molecule has 2 aromatic carbocycles. The number of hydrogen-bond acceptors (Lipinski definition) is 2. The first-order valence-electron chi connectivity index (χ1n) is 5.84. The first kappa shape index (κ1) is 13.8. The summed E-state index contributed by atoms with van der Waals surface area (Å²) in [5, 5.41) is 2.87. The Labute approximate surface area is 120 Å². The lowest BCUT2D eigenvalue weighted by molar-refractivity contribution is 0.102. The molecule has 0 bridgehead atoms. The standard InChI is InChI=1S/C15H14BrNO2/c1-19-10-11-5-4-6-12(9-11)17-15(18)13-7-2-3-8-14(13)16/h2-9H,10H2,1H3,(H,17,18). The number of hydrogen-bond donors (Lipinski definition) is 1. The molecule has 0 fully saturated rings. The first-order valence-corrected chi connectivity index (χ1v) is 6.64. The van der Waals surface area contributed by atoms with Crippen molar-refractivity contribution < 1.29 is 9.53 Å². The Balaban J connectivity index is 2.15. The summed E-state index contributed by atoms with van der Waals surface area (Å²) in [5.41, 5.74) is 2.39. The number of amides is 1. The number of ether oxygens (including phenoxy) is 1. The topological polar surface area (TPSA) is 38.3 Å². The van der Waals surface area contributed by atoms with Crippen molar-refractivity contribution in [1.29, 1.82) is 0 Å².